The summed E-state index contributed by atoms with van der Waals surface area (Å²) in [5.74, 6) is -0.507. The predicted octanol–water partition coefficient (Wildman–Crippen LogP) is 2.52. The summed E-state index contributed by atoms with van der Waals surface area (Å²) in [6.07, 6.45) is 4.16. The van der Waals surface area contributed by atoms with Crippen molar-refractivity contribution in [3.05, 3.63) is 28.8 Å². The standard InChI is InChI=1S/C21H32N2O5S/c1-14-11-16(3)21(17(4)12-14)29(26,27)22-10-9-20(25)28-13-19(24)23-18-8-6-5-7-15(18)2/h11-12,15,18,22H,5-10,13H2,1-4H3,(H,23,24)/t15-,18-/m1/s1. The van der Waals surface area contributed by atoms with Crippen molar-refractivity contribution < 1.29 is 22.7 Å². The number of hydrogen-bond donors (Lipinski definition) is 2. The second-order valence-electron chi connectivity index (χ2n) is 7.97. The van der Waals surface area contributed by atoms with Gasteiger partial charge in [-0.3, -0.25) is 9.59 Å². The Labute approximate surface area is 173 Å². The number of esters is 1. The molecule has 2 N–H and O–H groups in total. The van der Waals surface area contributed by atoms with Crippen molar-refractivity contribution in [1.29, 1.82) is 0 Å². The fourth-order valence-electron chi connectivity index (χ4n) is 3.95. The number of benzene rings is 1. The van der Waals surface area contributed by atoms with Crippen molar-refractivity contribution in [3.63, 3.8) is 0 Å². The summed E-state index contributed by atoms with van der Waals surface area (Å²) in [5, 5.41) is 2.92. The van der Waals surface area contributed by atoms with E-state index in [0.717, 1.165) is 24.8 Å². The fourth-order valence-corrected chi connectivity index (χ4v) is 5.43. The Morgan fingerprint density at radius 2 is 1.72 bits per heavy atom. The van der Waals surface area contributed by atoms with E-state index in [1.165, 1.54) is 6.42 Å². The largest absolute Gasteiger partial charge is 0.456 e. The molecule has 0 aliphatic heterocycles. The second kappa shape index (κ2) is 10.2. The van der Waals surface area contributed by atoms with Gasteiger partial charge in [0.2, 0.25) is 10.0 Å². The molecule has 1 aromatic rings. The maximum absolute atomic E-state index is 12.6. The molecule has 1 aliphatic rings. The summed E-state index contributed by atoms with van der Waals surface area (Å²) in [5.41, 5.74) is 2.31. The molecule has 162 valence electrons. The number of nitrogens with one attached hydrogen (secondary N) is 2. The van der Waals surface area contributed by atoms with Crippen LogP contribution >= 0.6 is 0 Å². The summed E-state index contributed by atoms with van der Waals surface area (Å²) in [7, 11) is -3.73. The molecule has 0 radical (unpaired) electrons. The van der Waals surface area contributed by atoms with Crippen LogP contribution in [0.4, 0.5) is 0 Å². The van der Waals surface area contributed by atoms with E-state index in [1.807, 2.05) is 19.1 Å². The Morgan fingerprint density at radius 3 is 2.34 bits per heavy atom. The zero-order valence-corrected chi connectivity index (χ0v) is 18.5. The third kappa shape index (κ3) is 6.82. The smallest absolute Gasteiger partial charge is 0.307 e. The van der Waals surface area contributed by atoms with Crippen LogP contribution in [0.2, 0.25) is 0 Å². The van der Waals surface area contributed by atoms with Gasteiger partial charge in [-0.05, 0) is 50.7 Å². The number of hydrogen-bond acceptors (Lipinski definition) is 5. The molecule has 1 aliphatic carbocycles. The first-order chi connectivity index (χ1) is 13.6. The summed E-state index contributed by atoms with van der Waals surface area (Å²) in [4.78, 5) is 24.1. The molecule has 1 fully saturated rings. The minimum Gasteiger partial charge on any atom is -0.456 e. The molecular weight excluding hydrogens is 392 g/mol. The molecule has 2 atom stereocenters. The van der Waals surface area contributed by atoms with Crippen molar-refractivity contribution in [1.82, 2.24) is 10.0 Å². The van der Waals surface area contributed by atoms with Crippen molar-refractivity contribution in [2.24, 2.45) is 5.92 Å². The second-order valence-corrected chi connectivity index (χ2v) is 9.68. The SMILES string of the molecule is Cc1cc(C)c(S(=O)(=O)NCCC(=O)OCC(=O)N[C@@H]2CCCC[C@H]2C)c(C)c1. The van der Waals surface area contributed by atoms with Gasteiger partial charge < -0.3 is 10.1 Å². The van der Waals surface area contributed by atoms with Crippen molar-refractivity contribution >= 4 is 21.9 Å². The van der Waals surface area contributed by atoms with Gasteiger partial charge in [0.1, 0.15) is 0 Å². The number of amides is 1. The lowest BCUT2D eigenvalue weighted by molar-refractivity contribution is -0.148. The molecular formula is C21H32N2O5S. The first kappa shape index (κ1) is 23.3. The summed E-state index contributed by atoms with van der Waals surface area (Å²) in [6, 6.07) is 3.74. The van der Waals surface area contributed by atoms with Crippen LogP contribution in [0.15, 0.2) is 17.0 Å². The molecule has 0 spiro atoms. The Morgan fingerprint density at radius 1 is 1.10 bits per heavy atom. The Bertz CT molecular complexity index is 828. The van der Waals surface area contributed by atoms with Crippen LogP contribution in [-0.2, 0) is 24.3 Å². The highest BCUT2D eigenvalue weighted by atomic mass is 32.2. The minimum atomic E-state index is -3.73. The molecule has 1 aromatic carbocycles. The van der Waals surface area contributed by atoms with E-state index in [4.69, 9.17) is 4.74 Å². The van der Waals surface area contributed by atoms with Crippen LogP contribution in [0.1, 0.15) is 55.7 Å². The zero-order chi connectivity index (χ0) is 21.6. The molecule has 2 rings (SSSR count). The normalized spacial score (nSPS) is 19.6. The Balaban J connectivity index is 1.77. The lowest BCUT2D eigenvalue weighted by Gasteiger charge is -2.29. The average molecular weight is 425 g/mol. The van der Waals surface area contributed by atoms with Crippen molar-refractivity contribution in [2.45, 2.75) is 70.7 Å². The Hall–Kier alpha value is -1.93. The van der Waals surface area contributed by atoms with Gasteiger partial charge in [-0.25, -0.2) is 13.1 Å². The van der Waals surface area contributed by atoms with E-state index < -0.39 is 16.0 Å². The predicted molar refractivity (Wildman–Crippen MR) is 111 cm³/mol. The summed E-state index contributed by atoms with van der Waals surface area (Å²) < 4.78 is 32.5. The van der Waals surface area contributed by atoms with Gasteiger partial charge in [-0.2, -0.15) is 0 Å². The number of carbonyl (C=O) groups excluding carboxylic acids is 2. The lowest BCUT2D eigenvalue weighted by Crippen LogP contribution is -2.43. The van der Waals surface area contributed by atoms with Crippen LogP contribution < -0.4 is 10.0 Å². The minimum absolute atomic E-state index is 0.0881. The van der Waals surface area contributed by atoms with E-state index in [0.29, 0.717) is 17.0 Å². The maximum atomic E-state index is 12.6. The van der Waals surface area contributed by atoms with E-state index in [2.05, 4.69) is 17.0 Å². The Kier molecular flexibility index (Phi) is 8.22. The van der Waals surface area contributed by atoms with Crippen LogP contribution in [-0.4, -0.2) is 39.5 Å². The van der Waals surface area contributed by atoms with Gasteiger partial charge >= 0.3 is 5.97 Å². The third-order valence-corrected chi connectivity index (χ3v) is 7.08. The van der Waals surface area contributed by atoms with E-state index in [-0.39, 0.29) is 36.4 Å². The van der Waals surface area contributed by atoms with E-state index in [9.17, 15) is 18.0 Å². The highest BCUT2D eigenvalue weighted by molar-refractivity contribution is 7.89. The first-order valence-corrected chi connectivity index (χ1v) is 11.6. The van der Waals surface area contributed by atoms with E-state index >= 15 is 0 Å². The van der Waals surface area contributed by atoms with Gasteiger partial charge in [-0.15, -0.1) is 0 Å². The third-order valence-electron chi connectivity index (χ3n) is 5.32. The van der Waals surface area contributed by atoms with Gasteiger partial charge in [-0.1, -0.05) is 37.5 Å². The highest BCUT2D eigenvalue weighted by Gasteiger charge is 2.23. The monoisotopic (exact) mass is 424 g/mol. The summed E-state index contributed by atoms with van der Waals surface area (Å²) in [6.45, 7) is 7.08. The molecule has 8 heteroatoms. The molecule has 0 unspecified atom stereocenters. The molecule has 1 amide bonds. The lowest BCUT2D eigenvalue weighted by atomic mass is 9.86. The highest BCUT2D eigenvalue weighted by Crippen LogP contribution is 2.23. The maximum Gasteiger partial charge on any atom is 0.307 e. The van der Waals surface area contributed by atoms with Crippen LogP contribution in [0, 0.1) is 26.7 Å². The number of sulfonamides is 1. The molecule has 1 saturated carbocycles. The van der Waals surface area contributed by atoms with Crippen molar-refractivity contribution in [3.8, 4) is 0 Å². The van der Waals surface area contributed by atoms with Crippen LogP contribution in [0.3, 0.4) is 0 Å². The van der Waals surface area contributed by atoms with Crippen molar-refractivity contribution in [2.75, 3.05) is 13.2 Å². The van der Waals surface area contributed by atoms with E-state index in [1.54, 1.807) is 13.8 Å². The van der Waals surface area contributed by atoms with Crippen LogP contribution in [0.25, 0.3) is 0 Å². The zero-order valence-electron chi connectivity index (χ0n) is 17.7. The number of ether oxygens (including phenoxy) is 1. The summed E-state index contributed by atoms with van der Waals surface area (Å²) >= 11 is 0. The van der Waals surface area contributed by atoms with Crippen LogP contribution in [0.5, 0.6) is 0 Å². The molecule has 7 nitrogen and oxygen atoms in total. The molecule has 0 heterocycles. The van der Waals surface area contributed by atoms with Gasteiger partial charge in [0, 0.05) is 12.6 Å². The first-order valence-electron chi connectivity index (χ1n) is 10.1. The quantitative estimate of drug-likeness (QED) is 0.625. The topological polar surface area (TPSA) is 102 Å². The average Bonchev–Trinajstić information content (AvgIpc) is 2.60. The fraction of sp³-hybridized carbons (Fsp3) is 0.619. The number of aryl methyl sites for hydroxylation is 3. The molecule has 0 aromatic heterocycles. The molecule has 0 saturated heterocycles. The van der Waals surface area contributed by atoms with Gasteiger partial charge in [0.05, 0.1) is 11.3 Å². The van der Waals surface area contributed by atoms with Gasteiger partial charge in [0.25, 0.3) is 5.91 Å². The molecule has 29 heavy (non-hydrogen) atoms. The number of carbonyl (C=O) groups is 2. The number of rotatable bonds is 8. The molecule has 0 bridgehead atoms. The van der Waals surface area contributed by atoms with Gasteiger partial charge in [0.15, 0.2) is 6.61 Å².